The van der Waals surface area contributed by atoms with E-state index in [-0.39, 0.29) is 11.9 Å². The van der Waals surface area contributed by atoms with E-state index in [9.17, 15) is 4.39 Å². The Balaban J connectivity index is 2.30. The van der Waals surface area contributed by atoms with E-state index in [1.165, 1.54) is 17.2 Å². The molecule has 21 heavy (non-hydrogen) atoms. The third kappa shape index (κ3) is 4.38. The summed E-state index contributed by atoms with van der Waals surface area (Å²) in [4.78, 5) is 0. The van der Waals surface area contributed by atoms with E-state index in [4.69, 9.17) is 0 Å². The largest absolute Gasteiger partial charge is 0.310 e. The van der Waals surface area contributed by atoms with Crippen molar-refractivity contribution in [1.29, 1.82) is 0 Å². The molecule has 0 aliphatic rings. The highest BCUT2D eigenvalue weighted by atomic mass is 79.9. The molecule has 2 rings (SSSR count). The topological polar surface area (TPSA) is 12.0 Å². The monoisotopic (exact) mass is 413 g/mol. The number of hydrogen-bond donors (Lipinski definition) is 1. The zero-order chi connectivity index (χ0) is 15.4. The maximum atomic E-state index is 14.0. The molecular weight excluding hydrogens is 397 g/mol. The third-order valence-corrected chi connectivity index (χ3v) is 4.85. The molecule has 1 atom stereocenters. The average Bonchev–Trinajstić information content (AvgIpc) is 2.45. The van der Waals surface area contributed by atoms with Crippen molar-refractivity contribution >= 4 is 31.9 Å². The van der Waals surface area contributed by atoms with Crippen LogP contribution in [0.4, 0.5) is 4.39 Å². The van der Waals surface area contributed by atoms with Crippen LogP contribution in [0.25, 0.3) is 0 Å². The summed E-state index contributed by atoms with van der Waals surface area (Å²) >= 11 is 6.93. The van der Waals surface area contributed by atoms with Gasteiger partial charge in [-0.2, -0.15) is 0 Å². The molecule has 0 saturated heterocycles. The Kier molecular flexibility index (Phi) is 5.97. The lowest BCUT2D eigenvalue weighted by Gasteiger charge is -2.20. The SMILES string of the molecule is CCNC(Cc1cc(Br)ccc1F)c1ccc(Br)c(C)c1. The molecule has 0 heterocycles. The van der Waals surface area contributed by atoms with Gasteiger partial charge in [0.25, 0.3) is 0 Å². The zero-order valence-electron chi connectivity index (χ0n) is 12.1. The van der Waals surface area contributed by atoms with E-state index < -0.39 is 0 Å². The number of hydrogen-bond acceptors (Lipinski definition) is 1. The van der Waals surface area contributed by atoms with Gasteiger partial charge in [0.15, 0.2) is 0 Å². The summed E-state index contributed by atoms with van der Waals surface area (Å²) in [5, 5.41) is 3.44. The maximum absolute atomic E-state index is 14.0. The molecule has 0 spiro atoms. The fourth-order valence-corrected chi connectivity index (χ4v) is 3.01. The van der Waals surface area contributed by atoms with Gasteiger partial charge in [0, 0.05) is 15.0 Å². The second-order valence-corrected chi connectivity index (χ2v) is 6.83. The molecule has 0 bridgehead atoms. The molecule has 0 aliphatic heterocycles. The number of rotatable bonds is 5. The van der Waals surface area contributed by atoms with Gasteiger partial charge in [-0.1, -0.05) is 50.9 Å². The Morgan fingerprint density at radius 1 is 1.14 bits per heavy atom. The summed E-state index contributed by atoms with van der Waals surface area (Å²) in [6.45, 7) is 4.97. The van der Waals surface area contributed by atoms with Crippen LogP contribution in [-0.4, -0.2) is 6.54 Å². The molecular formula is C17H18Br2FN. The Labute approximate surface area is 142 Å². The molecule has 112 valence electrons. The molecule has 1 N–H and O–H groups in total. The van der Waals surface area contributed by atoms with Gasteiger partial charge in [-0.05, 0) is 60.8 Å². The van der Waals surface area contributed by atoms with Crippen molar-refractivity contribution in [2.24, 2.45) is 0 Å². The first-order valence-electron chi connectivity index (χ1n) is 6.94. The lowest BCUT2D eigenvalue weighted by molar-refractivity contribution is 0.527. The van der Waals surface area contributed by atoms with Crippen molar-refractivity contribution in [2.75, 3.05) is 6.54 Å². The zero-order valence-corrected chi connectivity index (χ0v) is 15.3. The molecule has 4 heteroatoms. The quantitative estimate of drug-likeness (QED) is 0.675. The first-order valence-corrected chi connectivity index (χ1v) is 8.53. The maximum Gasteiger partial charge on any atom is 0.126 e. The second kappa shape index (κ2) is 7.52. The van der Waals surface area contributed by atoms with Gasteiger partial charge in [0.05, 0.1) is 0 Å². The third-order valence-electron chi connectivity index (χ3n) is 3.47. The summed E-state index contributed by atoms with van der Waals surface area (Å²) in [5.41, 5.74) is 3.08. The van der Waals surface area contributed by atoms with Gasteiger partial charge >= 0.3 is 0 Å². The molecule has 2 aromatic rings. The van der Waals surface area contributed by atoms with Crippen molar-refractivity contribution in [3.05, 3.63) is 67.9 Å². The summed E-state index contributed by atoms with van der Waals surface area (Å²) in [5.74, 6) is -0.157. The highest BCUT2D eigenvalue weighted by Gasteiger charge is 2.14. The van der Waals surface area contributed by atoms with Gasteiger partial charge in [-0.15, -0.1) is 0 Å². The summed E-state index contributed by atoms with van der Waals surface area (Å²) in [7, 11) is 0. The Morgan fingerprint density at radius 3 is 2.57 bits per heavy atom. The fraction of sp³-hybridized carbons (Fsp3) is 0.294. The first-order chi connectivity index (χ1) is 10.0. The molecule has 0 amide bonds. The predicted molar refractivity (Wildman–Crippen MR) is 93.1 cm³/mol. The number of aryl methyl sites for hydroxylation is 1. The van der Waals surface area contributed by atoms with Crippen molar-refractivity contribution in [3.8, 4) is 0 Å². The summed E-state index contributed by atoms with van der Waals surface area (Å²) < 4.78 is 16.0. The van der Waals surface area contributed by atoms with Crippen molar-refractivity contribution in [2.45, 2.75) is 26.3 Å². The van der Waals surface area contributed by atoms with Crippen LogP contribution < -0.4 is 5.32 Å². The lowest BCUT2D eigenvalue weighted by atomic mass is 9.97. The van der Waals surface area contributed by atoms with E-state index in [0.717, 1.165) is 21.1 Å². The highest BCUT2D eigenvalue weighted by Crippen LogP contribution is 2.26. The number of likely N-dealkylation sites (N-methyl/N-ethyl adjacent to an activating group) is 1. The van der Waals surface area contributed by atoms with Gasteiger partial charge in [0.2, 0.25) is 0 Å². The lowest BCUT2D eigenvalue weighted by Crippen LogP contribution is -2.23. The molecule has 0 saturated carbocycles. The van der Waals surface area contributed by atoms with Crippen LogP contribution in [0.15, 0.2) is 45.3 Å². The van der Waals surface area contributed by atoms with Gasteiger partial charge in [-0.3, -0.25) is 0 Å². The van der Waals surface area contributed by atoms with Gasteiger partial charge in [0.1, 0.15) is 5.82 Å². The number of nitrogens with one attached hydrogen (secondary N) is 1. The molecule has 2 aromatic carbocycles. The number of benzene rings is 2. The summed E-state index contributed by atoms with van der Waals surface area (Å²) in [6, 6.07) is 11.5. The van der Waals surface area contributed by atoms with Crippen LogP contribution in [0.5, 0.6) is 0 Å². The van der Waals surface area contributed by atoms with Crippen LogP contribution in [-0.2, 0) is 6.42 Å². The van der Waals surface area contributed by atoms with Crippen molar-refractivity contribution < 1.29 is 4.39 Å². The van der Waals surface area contributed by atoms with Crippen LogP contribution in [0.3, 0.4) is 0 Å². The Morgan fingerprint density at radius 2 is 1.90 bits per heavy atom. The Bertz CT molecular complexity index is 628. The van der Waals surface area contributed by atoms with Crippen LogP contribution in [0.2, 0.25) is 0 Å². The fourth-order valence-electron chi connectivity index (χ4n) is 2.36. The van der Waals surface area contributed by atoms with Gasteiger partial charge in [-0.25, -0.2) is 4.39 Å². The van der Waals surface area contributed by atoms with Crippen LogP contribution >= 0.6 is 31.9 Å². The Hall–Kier alpha value is -0.710. The predicted octanol–water partition coefficient (Wildman–Crippen LogP) is 5.55. The molecule has 1 unspecified atom stereocenters. The minimum Gasteiger partial charge on any atom is -0.310 e. The van der Waals surface area contributed by atoms with E-state index in [1.807, 2.05) is 12.1 Å². The average molecular weight is 415 g/mol. The van der Waals surface area contributed by atoms with E-state index >= 15 is 0 Å². The smallest absolute Gasteiger partial charge is 0.126 e. The van der Waals surface area contributed by atoms with Crippen LogP contribution in [0, 0.1) is 12.7 Å². The molecule has 0 fully saturated rings. The van der Waals surface area contributed by atoms with E-state index in [1.54, 1.807) is 6.07 Å². The first kappa shape index (κ1) is 16.7. The van der Waals surface area contributed by atoms with Crippen molar-refractivity contribution in [3.63, 3.8) is 0 Å². The molecule has 0 radical (unpaired) electrons. The standard InChI is InChI=1S/C17H18Br2FN/c1-3-21-17(12-4-6-15(19)11(2)8-12)10-13-9-14(18)5-7-16(13)20/h4-9,17,21H,3,10H2,1-2H3. The van der Waals surface area contributed by atoms with Gasteiger partial charge < -0.3 is 5.32 Å². The minimum atomic E-state index is -0.157. The van der Waals surface area contributed by atoms with Crippen molar-refractivity contribution in [1.82, 2.24) is 5.32 Å². The molecule has 0 aliphatic carbocycles. The second-order valence-electron chi connectivity index (χ2n) is 5.06. The highest BCUT2D eigenvalue weighted by molar-refractivity contribution is 9.10. The normalized spacial score (nSPS) is 12.4. The molecule has 1 nitrogen and oxygen atoms in total. The van der Waals surface area contributed by atoms with Crippen LogP contribution in [0.1, 0.15) is 29.7 Å². The summed E-state index contributed by atoms with van der Waals surface area (Å²) in [6.07, 6.45) is 0.625. The molecule has 0 aromatic heterocycles. The minimum absolute atomic E-state index is 0.102. The number of halogens is 3. The van der Waals surface area contributed by atoms with E-state index in [0.29, 0.717) is 6.42 Å². The van der Waals surface area contributed by atoms with E-state index in [2.05, 4.69) is 63.2 Å².